The lowest BCUT2D eigenvalue weighted by Gasteiger charge is -2.18. The molecule has 1 aromatic rings. The van der Waals surface area contributed by atoms with E-state index in [1.165, 1.54) is 11.3 Å². The summed E-state index contributed by atoms with van der Waals surface area (Å²) >= 11 is 1.85. The zero-order valence-electron chi connectivity index (χ0n) is 8.71. The molecule has 1 aromatic heterocycles. The zero-order chi connectivity index (χ0) is 9.68. The molecular formula is C11H19NS. The predicted molar refractivity (Wildman–Crippen MR) is 60.2 cm³/mol. The van der Waals surface area contributed by atoms with Crippen LogP contribution >= 0.6 is 11.3 Å². The smallest absolute Gasteiger partial charge is 0.0417 e. The number of rotatable bonds is 5. The fourth-order valence-electron chi connectivity index (χ4n) is 1.51. The van der Waals surface area contributed by atoms with Crippen molar-refractivity contribution in [3.8, 4) is 0 Å². The summed E-state index contributed by atoms with van der Waals surface area (Å²) in [7, 11) is 0. The highest BCUT2D eigenvalue weighted by Gasteiger charge is 2.12. The van der Waals surface area contributed by atoms with Gasteiger partial charge >= 0.3 is 0 Å². The van der Waals surface area contributed by atoms with Crippen molar-refractivity contribution < 1.29 is 0 Å². The fourth-order valence-corrected chi connectivity index (χ4v) is 2.32. The van der Waals surface area contributed by atoms with Gasteiger partial charge in [0.15, 0.2) is 0 Å². The molecule has 0 aliphatic rings. The minimum Gasteiger partial charge on any atom is -0.310 e. The van der Waals surface area contributed by atoms with Gasteiger partial charge in [0, 0.05) is 10.9 Å². The van der Waals surface area contributed by atoms with E-state index in [0.717, 1.165) is 12.5 Å². The summed E-state index contributed by atoms with van der Waals surface area (Å²) in [6, 6.07) is 4.91. The first-order valence-corrected chi connectivity index (χ1v) is 5.88. The Morgan fingerprint density at radius 2 is 2.23 bits per heavy atom. The van der Waals surface area contributed by atoms with Crippen molar-refractivity contribution in [2.45, 2.75) is 33.2 Å². The van der Waals surface area contributed by atoms with Gasteiger partial charge in [0.1, 0.15) is 0 Å². The molecule has 1 N–H and O–H groups in total. The summed E-state index contributed by atoms with van der Waals surface area (Å²) in [5.41, 5.74) is 0. The number of nitrogens with one attached hydrogen (secondary N) is 1. The zero-order valence-corrected chi connectivity index (χ0v) is 9.53. The van der Waals surface area contributed by atoms with Gasteiger partial charge in [-0.15, -0.1) is 11.3 Å². The van der Waals surface area contributed by atoms with E-state index in [0.29, 0.717) is 6.04 Å². The van der Waals surface area contributed by atoms with Crippen LogP contribution in [-0.2, 0) is 0 Å². The Hall–Kier alpha value is -0.340. The normalized spacial score (nSPS) is 13.5. The topological polar surface area (TPSA) is 12.0 Å². The Bertz CT molecular complexity index is 216. The second-order valence-corrected chi connectivity index (χ2v) is 4.73. The molecule has 0 amide bonds. The summed E-state index contributed by atoms with van der Waals surface area (Å²) in [5, 5.41) is 5.68. The summed E-state index contributed by atoms with van der Waals surface area (Å²) in [6.07, 6.45) is 1.23. The van der Waals surface area contributed by atoms with Crippen molar-refractivity contribution >= 4 is 11.3 Å². The first-order valence-electron chi connectivity index (χ1n) is 5.00. The lowest BCUT2D eigenvalue weighted by Crippen LogP contribution is -2.21. The molecule has 13 heavy (non-hydrogen) atoms. The van der Waals surface area contributed by atoms with Crippen LogP contribution in [0.4, 0.5) is 0 Å². The molecule has 74 valence electrons. The van der Waals surface area contributed by atoms with Crippen molar-refractivity contribution in [3.63, 3.8) is 0 Å². The van der Waals surface area contributed by atoms with Gasteiger partial charge in [-0.05, 0) is 30.3 Å². The van der Waals surface area contributed by atoms with Crippen LogP contribution < -0.4 is 5.32 Å². The minimum atomic E-state index is 0.560. The van der Waals surface area contributed by atoms with Crippen LogP contribution in [0, 0.1) is 5.92 Å². The lowest BCUT2D eigenvalue weighted by molar-refractivity contribution is 0.443. The van der Waals surface area contributed by atoms with Gasteiger partial charge in [-0.3, -0.25) is 0 Å². The van der Waals surface area contributed by atoms with E-state index in [9.17, 15) is 0 Å². The van der Waals surface area contributed by atoms with Crippen LogP contribution in [0.25, 0.3) is 0 Å². The van der Waals surface area contributed by atoms with Crippen LogP contribution in [0.3, 0.4) is 0 Å². The van der Waals surface area contributed by atoms with Gasteiger partial charge in [0.25, 0.3) is 0 Å². The molecule has 0 bridgehead atoms. The molecule has 0 spiro atoms. The predicted octanol–water partition coefficient (Wildman–Crippen LogP) is 3.44. The van der Waals surface area contributed by atoms with Crippen molar-refractivity contribution in [1.82, 2.24) is 5.32 Å². The van der Waals surface area contributed by atoms with Crippen molar-refractivity contribution in [1.29, 1.82) is 0 Å². The highest BCUT2D eigenvalue weighted by Crippen LogP contribution is 2.24. The molecule has 1 heterocycles. The number of hydrogen-bond acceptors (Lipinski definition) is 2. The Labute approximate surface area is 85.2 Å². The van der Waals surface area contributed by atoms with Crippen LogP contribution in [0.15, 0.2) is 17.5 Å². The SMILES string of the molecule is CCNC(CC(C)C)c1cccs1. The molecule has 0 fully saturated rings. The third-order valence-electron chi connectivity index (χ3n) is 2.04. The Morgan fingerprint density at radius 1 is 1.46 bits per heavy atom. The average Bonchev–Trinajstić information content (AvgIpc) is 2.54. The standard InChI is InChI=1S/C11H19NS/c1-4-12-10(8-9(2)3)11-6-5-7-13-11/h5-7,9-10,12H,4,8H2,1-3H3. The molecule has 0 radical (unpaired) electrons. The third-order valence-corrected chi connectivity index (χ3v) is 3.03. The second kappa shape index (κ2) is 5.40. The van der Waals surface area contributed by atoms with E-state index in [-0.39, 0.29) is 0 Å². The van der Waals surface area contributed by atoms with Crippen molar-refractivity contribution in [3.05, 3.63) is 22.4 Å². The largest absolute Gasteiger partial charge is 0.310 e. The van der Waals surface area contributed by atoms with E-state index in [1.54, 1.807) is 0 Å². The third kappa shape index (κ3) is 3.49. The second-order valence-electron chi connectivity index (χ2n) is 3.76. The van der Waals surface area contributed by atoms with Crippen LogP contribution in [0.2, 0.25) is 0 Å². The summed E-state index contributed by atoms with van der Waals surface area (Å²) < 4.78 is 0. The summed E-state index contributed by atoms with van der Waals surface area (Å²) in [4.78, 5) is 1.47. The van der Waals surface area contributed by atoms with Gasteiger partial charge in [-0.2, -0.15) is 0 Å². The molecule has 0 aliphatic carbocycles. The highest BCUT2D eigenvalue weighted by atomic mass is 32.1. The molecule has 1 unspecified atom stereocenters. The first kappa shape index (κ1) is 10.7. The van der Waals surface area contributed by atoms with Crippen molar-refractivity contribution in [2.75, 3.05) is 6.54 Å². The van der Waals surface area contributed by atoms with Gasteiger partial charge < -0.3 is 5.32 Å². The Balaban J connectivity index is 2.57. The van der Waals surface area contributed by atoms with E-state index in [1.807, 2.05) is 11.3 Å². The first-order chi connectivity index (χ1) is 6.24. The van der Waals surface area contributed by atoms with Gasteiger partial charge in [0.2, 0.25) is 0 Å². The molecule has 1 nitrogen and oxygen atoms in total. The van der Waals surface area contributed by atoms with E-state index in [4.69, 9.17) is 0 Å². The lowest BCUT2D eigenvalue weighted by atomic mass is 10.0. The maximum atomic E-state index is 3.53. The molecule has 0 saturated carbocycles. The molecule has 0 saturated heterocycles. The molecule has 2 heteroatoms. The fraction of sp³-hybridized carbons (Fsp3) is 0.636. The van der Waals surface area contributed by atoms with E-state index < -0.39 is 0 Å². The van der Waals surface area contributed by atoms with Crippen LogP contribution in [0.5, 0.6) is 0 Å². The average molecular weight is 197 g/mol. The minimum absolute atomic E-state index is 0.560. The summed E-state index contributed by atoms with van der Waals surface area (Å²) in [5.74, 6) is 0.756. The molecule has 1 rings (SSSR count). The maximum Gasteiger partial charge on any atom is 0.0417 e. The Kier molecular flexibility index (Phi) is 4.46. The van der Waals surface area contributed by atoms with E-state index in [2.05, 4.69) is 43.6 Å². The molecule has 1 atom stereocenters. The van der Waals surface area contributed by atoms with E-state index >= 15 is 0 Å². The molecule has 0 aromatic carbocycles. The highest BCUT2D eigenvalue weighted by molar-refractivity contribution is 7.10. The number of thiophene rings is 1. The van der Waals surface area contributed by atoms with Crippen LogP contribution in [0.1, 0.15) is 38.1 Å². The van der Waals surface area contributed by atoms with Crippen molar-refractivity contribution in [2.24, 2.45) is 5.92 Å². The quantitative estimate of drug-likeness (QED) is 0.762. The van der Waals surface area contributed by atoms with Gasteiger partial charge in [-0.1, -0.05) is 26.8 Å². The summed E-state index contributed by atoms with van der Waals surface area (Å²) in [6.45, 7) is 7.77. The van der Waals surface area contributed by atoms with Gasteiger partial charge in [0.05, 0.1) is 0 Å². The van der Waals surface area contributed by atoms with Gasteiger partial charge in [-0.25, -0.2) is 0 Å². The number of hydrogen-bond donors (Lipinski definition) is 1. The maximum absolute atomic E-state index is 3.53. The van der Waals surface area contributed by atoms with Crippen LogP contribution in [-0.4, -0.2) is 6.54 Å². The monoisotopic (exact) mass is 197 g/mol. The Morgan fingerprint density at radius 3 is 2.69 bits per heavy atom. The molecular weight excluding hydrogens is 178 g/mol. The molecule has 0 aliphatic heterocycles.